The molecule has 124 heavy (non-hydrogen) atoms. The summed E-state index contributed by atoms with van der Waals surface area (Å²) < 4.78 is 5.93. The van der Waals surface area contributed by atoms with Crippen molar-refractivity contribution in [1.29, 1.82) is 0 Å². The molecule has 11 rings (SSSR count). The molecule has 8 bridgehead atoms. The van der Waals surface area contributed by atoms with Gasteiger partial charge in [0.2, 0.25) is 0 Å². The van der Waals surface area contributed by atoms with Crippen LogP contribution in [0.25, 0.3) is 85.4 Å². The third-order valence-electron chi connectivity index (χ3n) is 25.6. The smallest absolute Gasteiger partial charge is 0.656 e. The fourth-order valence-corrected chi connectivity index (χ4v) is 25.3. The van der Waals surface area contributed by atoms with Crippen LogP contribution in [0.2, 0.25) is 0 Å². The van der Waals surface area contributed by atoms with E-state index < -0.39 is 0 Å². The first kappa shape index (κ1) is 100. The van der Waals surface area contributed by atoms with E-state index in [1.54, 1.807) is 11.3 Å². The molecule has 0 radical (unpaired) electrons. The maximum Gasteiger partial charge on any atom is 2.00 e. The van der Waals surface area contributed by atoms with E-state index in [2.05, 4.69) is 183 Å². The summed E-state index contributed by atoms with van der Waals surface area (Å²) >= 11 is 11.5. The average Bonchev–Trinajstić information content (AvgIpc) is 1.60. The largest absolute Gasteiger partial charge is 2.00 e. The van der Waals surface area contributed by atoms with Gasteiger partial charge in [-0.1, -0.05) is 372 Å². The molecule has 0 spiro atoms. The number of nitrogens with zero attached hydrogens (tertiary/aromatic N) is 4. The minimum Gasteiger partial charge on any atom is -0.656 e. The van der Waals surface area contributed by atoms with Crippen molar-refractivity contribution in [2.45, 2.75) is 408 Å². The maximum atomic E-state index is 5.97. The van der Waals surface area contributed by atoms with Gasteiger partial charge in [0.05, 0.1) is 44.5 Å². The molecule has 664 valence electrons. The number of aryl methyl sites for hydroxylation is 5. The summed E-state index contributed by atoms with van der Waals surface area (Å²) in [6.07, 6.45) is 73.6. The molecule has 12 heteroatoms. The average molecular weight is 1830 g/mol. The number of unbranched alkanes of at least 4 members (excludes halogenated alkanes) is 36. The van der Waals surface area contributed by atoms with Gasteiger partial charge in [0.25, 0.3) is 0 Å². The standard InChI is InChI=1S/C112H152N4OS6.Zn/c1-11-19-27-35-39-41-45-53-57-84(55-51-43-37-29-21-13-3)107-98-71-67-94(113-98)92(65-63-90-80-87(60-48-32-24-16-6)110(119-90)103-76-75-102(121-103)109-86(79-83(9)118-109)59-47-31-23-15-5)95-68-72-99(114-95)108(85(56-52-44-38-30-22-14-4)58-54-46-42-40-36-28-20-12-2)101-74-70-97(116-101)93(96-69-73-100(107)115-96)66-64-91-81-88(61-49-33-25-17-7)111(120-91)104-77-78-105(122-104)112-89(62-50-34-26-18-8)82-106(117-10)123-112;/h67-82,84-85H,11-62H2,1-10H3;/q-2;+2. The summed E-state index contributed by atoms with van der Waals surface area (Å²) in [5.41, 5.74) is 17.7. The van der Waals surface area contributed by atoms with Gasteiger partial charge in [0, 0.05) is 50.1 Å². The zero-order chi connectivity index (χ0) is 86.0. The van der Waals surface area contributed by atoms with E-state index in [1.165, 1.54) is 353 Å². The fourth-order valence-electron chi connectivity index (χ4n) is 18.5. The van der Waals surface area contributed by atoms with Crippen LogP contribution in [0.4, 0.5) is 0 Å². The normalized spacial score (nSPS) is 12.3. The molecule has 0 fully saturated rings. The Bertz CT molecular complexity index is 4910. The molecule has 0 saturated heterocycles. The Morgan fingerprint density at radius 1 is 0.298 bits per heavy atom. The van der Waals surface area contributed by atoms with Crippen LogP contribution in [-0.4, -0.2) is 17.1 Å². The van der Waals surface area contributed by atoms with Crippen LogP contribution < -0.4 is 14.7 Å². The van der Waals surface area contributed by atoms with Crippen molar-refractivity contribution in [1.82, 2.24) is 19.9 Å². The van der Waals surface area contributed by atoms with Gasteiger partial charge in [0.1, 0.15) is 0 Å². The summed E-state index contributed by atoms with van der Waals surface area (Å²) in [4.78, 5) is 38.5. The van der Waals surface area contributed by atoms with Crippen molar-refractivity contribution in [2.75, 3.05) is 7.11 Å². The third-order valence-corrected chi connectivity index (χ3v) is 32.9. The molecule has 9 aromatic rings. The molecule has 2 aliphatic rings. The van der Waals surface area contributed by atoms with Crippen LogP contribution in [0.3, 0.4) is 0 Å². The Hall–Kier alpha value is -5.66. The Labute approximate surface area is 789 Å². The van der Waals surface area contributed by atoms with Crippen LogP contribution in [0.15, 0.2) is 72.8 Å². The van der Waals surface area contributed by atoms with Crippen LogP contribution >= 0.6 is 68.0 Å². The summed E-state index contributed by atoms with van der Waals surface area (Å²) in [5, 5.41) is 0.999. The van der Waals surface area contributed by atoms with Crippen LogP contribution in [0.1, 0.15) is 457 Å². The van der Waals surface area contributed by atoms with E-state index in [0.29, 0.717) is 0 Å². The fraction of sp³-hybridized carbons (Fsp3) is 0.571. The second kappa shape index (κ2) is 56.7. The van der Waals surface area contributed by atoms with Crippen LogP contribution in [-0.2, 0) is 45.2 Å². The Kier molecular flexibility index (Phi) is 46.0. The minimum absolute atomic E-state index is 0. The van der Waals surface area contributed by atoms with Gasteiger partial charge in [-0.15, -0.1) is 78.8 Å². The van der Waals surface area contributed by atoms with Crippen molar-refractivity contribution >= 4 is 114 Å². The Balaban J connectivity index is 0.0000161. The zero-order valence-corrected chi connectivity index (χ0v) is 86.4. The molecule has 9 aromatic heterocycles. The number of aromatic nitrogens is 4. The number of ether oxygens (including phenoxy) is 1. The second-order valence-corrected chi connectivity index (χ2v) is 42.4. The first-order valence-electron chi connectivity index (χ1n) is 49.9. The van der Waals surface area contributed by atoms with Crippen molar-refractivity contribution in [3.63, 3.8) is 0 Å². The minimum atomic E-state index is 0. The van der Waals surface area contributed by atoms with E-state index in [1.807, 2.05) is 63.8 Å². The molecular weight excluding hydrogens is 1680 g/mol. The molecule has 0 saturated carbocycles. The van der Waals surface area contributed by atoms with Crippen molar-refractivity contribution < 1.29 is 24.2 Å². The second-order valence-electron chi connectivity index (χ2n) is 35.8. The van der Waals surface area contributed by atoms with Crippen molar-refractivity contribution in [3.8, 4) is 67.8 Å². The van der Waals surface area contributed by atoms with E-state index in [0.717, 1.165) is 129 Å². The molecule has 11 heterocycles. The predicted octanol–water partition coefficient (Wildman–Crippen LogP) is 37.3. The molecule has 0 amide bonds. The molecule has 2 aliphatic heterocycles. The molecule has 0 aliphatic carbocycles. The number of rotatable bonds is 59. The van der Waals surface area contributed by atoms with Crippen LogP contribution in [0, 0.1) is 30.6 Å². The van der Waals surface area contributed by atoms with Gasteiger partial charge in [-0.05, 0) is 202 Å². The molecule has 2 atom stereocenters. The number of methoxy groups -OCH3 is 1. The van der Waals surface area contributed by atoms with E-state index >= 15 is 0 Å². The molecule has 0 aromatic carbocycles. The molecular formula is C112H152N4OS6Zn. The van der Waals surface area contributed by atoms with Crippen molar-refractivity contribution in [3.05, 3.63) is 155 Å². The molecule has 0 N–H and O–H groups in total. The first-order valence-corrected chi connectivity index (χ1v) is 54.8. The van der Waals surface area contributed by atoms with Gasteiger partial charge in [-0.3, -0.25) is 0 Å². The molecule has 5 nitrogen and oxygen atoms in total. The van der Waals surface area contributed by atoms with Gasteiger partial charge < -0.3 is 14.7 Å². The van der Waals surface area contributed by atoms with Gasteiger partial charge in [0.15, 0.2) is 5.06 Å². The van der Waals surface area contributed by atoms with Gasteiger partial charge >= 0.3 is 19.5 Å². The Morgan fingerprint density at radius 3 is 0.919 bits per heavy atom. The number of fused-ring (bicyclic) bond motifs is 8. The summed E-state index contributed by atoms with van der Waals surface area (Å²) in [7, 11) is 1.82. The predicted molar refractivity (Wildman–Crippen MR) is 549 cm³/mol. The van der Waals surface area contributed by atoms with Crippen molar-refractivity contribution in [2.24, 2.45) is 0 Å². The van der Waals surface area contributed by atoms with E-state index in [-0.39, 0.29) is 31.3 Å². The third kappa shape index (κ3) is 30.8. The van der Waals surface area contributed by atoms with Gasteiger partial charge in [-0.2, -0.15) is 0 Å². The Morgan fingerprint density at radius 2 is 0.581 bits per heavy atom. The summed E-state index contributed by atoms with van der Waals surface area (Å²) in [6.45, 7) is 20.9. The monoisotopic (exact) mass is 1820 g/mol. The zero-order valence-electron chi connectivity index (χ0n) is 78.5. The van der Waals surface area contributed by atoms with Crippen LogP contribution in [0.5, 0.6) is 5.06 Å². The molecule has 2 unspecified atom stereocenters. The maximum absolute atomic E-state index is 5.97. The number of hydrogen-bond donors (Lipinski definition) is 0. The topological polar surface area (TPSA) is 63.2 Å². The summed E-state index contributed by atoms with van der Waals surface area (Å²) in [6, 6.07) is 28.5. The van der Waals surface area contributed by atoms with E-state index in [9.17, 15) is 0 Å². The first-order chi connectivity index (χ1) is 60.6. The quantitative estimate of drug-likeness (QED) is 0.0216. The van der Waals surface area contributed by atoms with Gasteiger partial charge in [-0.25, -0.2) is 9.97 Å². The van der Waals surface area contributed by atoms with E-state index in [4.69, 9.17) is 24.7 Å². The number of thiophene rings is 6. The SMILES string of the molecule is CCCCCCCCCCC(CCCCCCCC)c1c2nc(c(C#Cc3cc(CCCCCC)c(-c4ccc(-c5sc(OC)cc5CCCCCC)s4)s3)c3ccc([n-]3)c(C(CCCCCCCC)CCCCCCCCCC)c3nc(c(C#Cc4cc(CCCCCC)c(-c5ccc(-c6sc(C)cc6CCCCCC)s5)s4)c4ccc1[n-]4)C=C3)C=C2.[Zn+2]. The number of hydrogen-bond acceptors (Lipinski definition) is 9. The summed E-state index contributed by atoms with van der Waals surface area (Å²) in [5.74, 6) is 16.3.